The van der Waals surface area contributed by atoms with Gasteiger partial charge in [-0.2, -0.15) is 0 Å². The van der Waals surface area contributed by atoms with E-state index in [2.05, 4.69) is 6.58 Å². The molecule has 1 heteroatoms. The van der Waals surface area contributed by atoms with Crippen LogP contribution in [0, 0.1) is 5.41 Å². The first-order valence-electron chi connectivity index (χ1n) is 4.14. The number of ketones is 1. The molecule has 0 aliphatic rings. The number of Topliss-reactive ketones (excluding diaryl/α,β-unsaturated/α-hetero) is 1. The summed E-state index contributed by atoms with van der Waals surface area (Å²) in [5, 5.41) is 0. The van der Waals surface area contributed by atoms with Gasteiger partial charge in [0, 0.05) is 5.41 Å². The van der Waals surface area contributed by atoms with Crippen LogP contribution in [0.1, 0.15) is 34.6 Å². The van der Waals surface area contributed by atoms with E-state index in [1.165, 1.54) is 0 Å². The Morgan fingerprint density at radius 3 is 1.92 bits per heavy atom. The lowest BCUT2D eigenvalue weighted by Gasteiger charge is -2.16. The number of carbonyl (C=O) groups is 1. The van der Waals surface area contributed by atoms with E-state index in [1.807, 2.05) is 40.7 Å². The fourth-order valence-corrected chi connectivity index (χ4v) is 1.03. The molecule has 0 aromatic carbocycles. The number of hydrogen-bond donors (Lipinski definition) is 0. The molecule has 0 heterocycles. The Morgan fingerprint density at radius 2 is 1.67 bits per heavy atom. The predicted molar refractivity (Wildman–Crippen MR) is 53.0 cm³/mol. The zero-order valence-electron chi connectivity index (χ0n) is 8.69. The Kier molecular flexibility index (Phi) is 3.44. The summed E-state index contributed by atoms with van der Waals surface area (Å²) >= 11 is 0. The van der Waals surface area contributed by atoms with E-state index < -0.39 is 0 Å². The van der Waals surface area contributed by atoms with Gasteiger partial charge in [0.15, 0.2) is 5.78 Å². The first kappa shape index (κ1) is 11.2. The third-order valence-electron chi connectivity index (χ3n) is 1.50. The van der Waals surface area contributed by atoms with E-state index in [1.54, 1.807) is 0 Å². The lowest BCUT2D eigenvalue weighted by molar-refractivity contribution is -0.122. The van der Waals surface area contributed by atoms with E-state index in [0.717, 1.165) is 11.1 Å². The SMILES string of the molecule is C=C(C)/C=C(\C)C(=O)C(C)(C)C. The maximum absolute atomic E-state index is 11.6. The van der Waals surface area contributed by atoms with E-state index in [-0.39, 0.29) is 11.2 Å². The average molecular weight is 166 g/mol. The summed E-state index contributed by atoms with van der Waals surface area (Å²) < 4.78 is 0. The van der Waals surface area contributed by atoms with Crippen LogP contribution in [0.3, 0.4) is 0 Å². The molecule has 0 aliphatic heterocycles. The van der Waals surface area contributed by atoms with Crippen molar-refractivity contribution in [2.45, 2.75) is 34.6 Å². The van der Waals surface area contributed by atoms with Crippen molar-refractivity contribution >= 4 is 5.78 Å². The van der Waals surface area contributed by atoms with Gasteiger partial charge in [-0.05, 0) is 19.4 Å². The van der Waals surface area contributed by atoms with Gasteiger partial charge in [0.05, 0.1) is 0 Å². The van der Waals surface area contributed by atoms with Crippen molar-refractivity contribution in [1.29, 1.82) is 0 Å². The first-order chi connectivity index (χ1) is 5.25. The molecule has 0 amide bonds. The van der Waals surface area contributed by atoms with Gasteiger partial charge < -0.3 is 0 Å². The quantitative estimate of drug-likeness (QED) is 0.455. The summed E-state index contributed by atoms with van der Waals surface area (Å²) in [6.45, 7) is 13.2. The highest BCUT2D eigenvalue weighted by molar-refractivity contribution is 5.98. The minimum absolute atomic E-state index is 0.186. The summed E-state index contributed by atoms with van der Waals surface area (Å²) in [6.07, 6.45) is 1.83. The van der Waals surface area contributed by atoms with Crippen LogP contribution in [0.25, 0.3) is 0 Å². The molecule has 0 aromatic heterocycles. The second kappa shape index (κ2) is 3.70. The molecule has 0 radical (unpaired) electrons. The van der Waals surface area contributed by atoms with Crippen LogP contribution in [0.2, 0.25) is 0 Å². The van der Waals surface area contributed by atoms with Crippen LogP contribution in [0.4, 0.5) is 0 Å². The molecular formula is C11H18O. The monoisotopic (exact) mass is 166 g/mol. The minimum atomic E-state index is -0.282. The summed E-state index contributed by atoms with van der Waals surface area (Å²) in [4.78, 5) is 11.6. The van der Waals surface area contributed by atoms with Gasteiger partial charge >= 0.3 is 0 Å². The highest BCUT2D eigenvalue weighted by Gasteiger charge is 2.21. The predicted octanol–water partition coefficient (Wildman–Crippen LogP) is 3.12. The molecule has 0 saturated heterocycles. The van der Waals surface area contributed by atoms with Crippen LogP contribution in [-0.2, 0) is 4.79 Å². The van der Waals surface area contributed by atoms with Gasteiger partial charge in [0.2, 0.25) is 0 Å². The van der Waals surface area contributed by atoms with Gasteiger partial charge in [-0.1, -0.05) is 39.0 Å². The summed E-state index contributed by atoms with van der Waals surface area (Å²) in [6, 6.07) is 0. The summed E-state index contributed by atoms with van der Waals surface area (Å²) in [5.41, 5.74) is 1.43. The van der Waals surface area contributed by atoms with Crippen LogP contribution in [-0.4, -0.2) is 5.78 Å². The van der Waals surface area contributed by atoms with Crippen LogP contribution < -0.4 is 0 Å². The van der Waals surface area contributed by atoms with Crippen molar-refractivity contribution in [3.63, 3.8) is 0 Å². The molecule has 0 bridgehead atoms. The number of hydrogen-bond acceptors (Lipinski definition) is 1. The molecule has 0 saturated carbocycles. The molecule has 0 N–H and O–H groups in total. The van der Waals surface area contributed by atoms with Crippen molar-refractivity contribution in [3.05, 3.63) is 23.8 Å². The molecule has 0 fully saturated rings. The fraction of sp³-hybridized carbons (Fsp3) is 0.545. The maximum atomic E-state index is 11.6. The van der Waals surface area contributed by atoms with E-state index in [4.69, 9.17) is 0 Å². The standard InChI is InChI=1S/C11H18O/c1-8(2)7-9(3)10(12)11(4,5)6/h7H,1H2,2-6H3/b9-7+. The number of carbonyl (C=O) groups excluding carboxylic acids is 1. The first-order valence-corrected chi connectivity index (χ1v) is 4.14. The Bertz CT molecular complexity index is 226. The van der Waals surface area contributed by atoms with Gasteiger partial charge in [0.1, 0.15) is 0 Å². The molecular weight excluding hydrogens is 148 g/mol. The molecule has 0 spiro atoms. The lowest BCUT2D eigenvalue weighted by atomic mass is 9.86. The van der Waals surface area contributed by atoms with Crippen molar-refractivity contribution in [2.24, 2.45) is 5.41 Å². The molecule has 68 valence electrons. The van der Waals surface area contributed by atoms with Crippen LogP contribution in [0.15, 0.2) is 23.8 Å². The summed E-state index contributed by atoms with van der Waals surface area (Å²) in [5.74, 6) is 0.186. The smallest absolute Gasteiger partial charge is 0.163 e. The van der Waals surface area contributed by atoms with E-state index in [0.29, 0.717) is 0 Å². The largest absolute Gasteiger partial charge is 0.294 e. The van der Waals surface area contributed by atoms with Crippen molar-refractivity contribution in [2.75, 3.05) is 0 Å². The van der Waals surface area contributed by atoms with Crippen molar-refractivity contribution in [1.82, 2.24) is 0 Å². The molecule has 0 atom stereocenters. The summed E-state index contributed by atoms with van der Waals surface area (Å²) in [7, 11) is 0. The van der Waals surface area contributed by atoms with Gasteiger partial charge in [-0.15, -0.1) is 0 Å². The van der Waals surface area contributed by atoms with Gasteiger partial charge in [-0.3, -0.25) is 4.79 Å². The minimum Gasteiger partial charge on any atom is -0.294 e. The van der Waals surface area contributed by atoms with Crippen LogP contribution in [0.5, 0.6) is 0 Å². The lowest BCUT2D eigenvalue weighted by Crippen LogP contribution is -2.20. The third kappa shape index (κ3) is 3.51. The second-order valence-corrected chi connectivity index (χ2v) is 4.25. The topological polar surface area (TPSA) is 17.1 Å². The third-order valence-corrected chi connectivity index (χ3v) is 1.50. The van der Waals surface area contributed by atoms with Gasteiger partial charge in [-0.25, -0.2) is 0 Å². The Morgan fingerprint density at radius 1 is 1.25 bits per heavy atom. The molecule has 0 aromatic rings. The number of allylic oxidation sites excluding steroid dienone is 3. The molecule has 0 rings (SSSR count). The zero-order chi connectivity index (χ0) is 9.94. The highest BCUT2D eigenvalue weighted by atomic mass is 16.1. The Balaban J connectivity index is 4.63. The Labute approximate surface area is 75.2 Å². The number of rotatable bonds is 2. The fourth-order valence-electron chi connectivity index (χ4n) is 1.03. The average Bonchev–Trinajstić information content (AvgIpc) is 1.82. The van der Waals surface area contributed by atoms with Crippen molar-refractivity contribution < 1.29 is 4.79 Å². The molecule has 12 heavy (non-hydrogen) atoms. The van der Waals surface area contributed by atoms with E-state index >= 15 is 0 Å². The van der Waals surface area contributed by atoms with Crippen LogP contribution >= 0.6 is 0 Å². The molecule has 0 aliphatic carbocycles. The molecule has 0 unspecified atom stereocenters. The second-order valence-electron chi connectivity index (χ2n) is 4.25. The Hall–Kier alpha value is -0.850. The molecule has 1 nitrogen and oxygen atoms in total. The van der Waals surface area contributed by atoms with Crippen molar-refractivity contribution in [3.8, 4) is 0 Å². The maximum Gasteiger partial charge on any atom is 0.163 e. The van der Waals surface area contributed by atoms with Gasteiger partial charge in [0.25, 0.3) is 0 Å². The normalized spacial score (nSPS) is 12.9. The highest BCUT2D eigenvalue weighted by Crippen LogP contribution is 2.20. The zero-order valence-corrected chi connectivity index (χ0v) is 8.69. The van der Waals surface area contributed by atoms with E-state index in [9.17, 15) is 4.79 Å².